The summed E-state index contributed by atoms with van der Waals surface area (Å²) in [6.45, 7) is 3.44. The van der Waals surface area contributed by atoms with E-state index in [1.807, 2.05) is 30.3 Å². The normalized spacial score (nSPS) is 14.1. The number of rotatable bonds is 11. The molecule has 3 heterocycles. The van der Waals surface area contributed by atoms with Gasteiger partial charge in [-0.2, -0.15) is 0 Å². The molecule has 1 aliphatic rings. The standard InChI is InChI=1S/C35H28N4O10S/c1-4-47-34(41)31-20(2)36-35-37(32(31)27-14-13-26(49-27)22-11-8-12-24(15-22)38(42)43)33(40)30(50-35)17-23-16-28(46-3)29(18-25(23)39(44)45)48-19-21-9-6-5-7-10-21/h5-18,32H,4,19H2,1-3H3/b30-17-/t32-/m1/s1. The van der Waals surface area contributed by atoms with Gasteiger partial charge in [-0.1, -0.05) is 53.8 Å². The summed E-state index contributed by atoms with van der Waals surface area (Å²) in [4.78, 5) is 54.7. The summed E-state index contributed by atoms with van der Waals surface area (Å²) in [6, 6.07) is 19.8. The van der Waals surface area contributed by atoms with Gasteiger partial charge in [0.1, 0.15) is 24.2 Å². The van der Waals surface area contributed by atoms with Gasteiger partial charge in [0.05, 0.1) is 51.0 Å². The number of thiazole rings is 1. The Morgan fingerprint density at radius 1 is 1.02 bits per heavy atom. The van der Waals surface area contributed by atoms with Crippen molar-refractivity contribution in [2.45, 2.75) is 26.5 Å². The van der Waals surface area contributed by atoms with Crippen LogP contribution in [-0.2, 0) is 16.1 Å². The Bertz CT molecular complexity index is 2360. The molecule has 1 aliphatic heterocycles. The molecule has 0 amide bonds. The van der Waals surface area contributed by atoms with Crippen molar-refractivity contribution in [1.82, 2.24) is 4.57 Å². The maximum absolute atomic E-state index is 14.2. The highest BCUT2D eigenvalue weighted by atomic mass is 32.1. The summed E-state index contributed by atoms with van der Waals surface area (Å²) in [5.41, 5.74) is 0.606. The maximum atomic E-state index is 14.2. The number of non-ortho nitro benzene ring substituents is 1. The molecular weight excluding hydrogens is 668 g/mol. The van der Waals surface area contributed by atoms with E-state index in [-0.39, 0.29) is 73.8 Å². The van der Waals surface area contributed by atoms with Crippen LogP contribution in [0.5, 0.6) is 11.5 Å². The highest BCUT2D eigenvalue weighted by molar-refractivity contribution is 7.07. The fourth-order valence-corrected chi connectivity index (χ4v) is 6.51. The third-order valence-corrected chi connectivity index (χ3v) is 8.77. The lowest BCUT2D eigenvalue weighted by atomic mass is 10.0. The van der Waals surface area contributed by atoms with Crippen LogP contribution in [0.3, 0.4) is 0 Å². The molecule has 254 valence electrons. The fraction of sp³-hybridized carbons (Fsp3) is 0.171. The number of hydrogen-bond donors (Lipinski definition) is 0. The number of carbonyl (C=O) groups is 1. The zero-order valence-corrected chi connectivity index (χ0v) is 27.7. The summed E-state index contributed by atoms with van der Waals surface area (Å²) in [6.07, 6.45) is 1.36. The van der Waals surface area contributed by atoms with Crippen LogP contribution in [0.4, 0.5) is 11.4 Å². The molecule has 2 aromatic heterocycles. The second-order valence-electron chi connectivity index (χ2n) is 10.9. The quantitative estimate of drug-likeness (QED) is 0.0978. The number of fused-ring (bicyclic) bond motifs is 1. The Morgan fingerprint density at radius 2 is 1.80 bits per heavy atom. The van der Waals surface area contributed by atoms with E-state index in [0.29, 0.717) is 5.56 Å². The molecule has 15 heteroatoms. The van der Waals surface area contributed by atoms with Gasteiger partial charge in [-0.25, -0.2) is 9.79 Å². The van der Waals surface area contributed by atoms with Gasteiger partial charge in [-0.15, -0.1) is 0 Å². The van der Waals surface area contributed by atoms with Crippen molar-refractivity contribution in [1.29, 1.82) is 0 Å². The molecule has 0 spiro atoms. The van der Waals surface area contributed by atoms with Crippen molar-refractivity contribution in [3.05, 3.63) is 147 Å². The molecule has 0 radical (unpaired) electrons. The first kappa shape index (κ1) is 33.5. The van der Waals surface area contributed by atoms with Crippen molar-refractivity contribution >= 4 is 34.8 Å². The highest BCUT2D eigenvalue weighted by Gasteiger charge is 2.36. The largest absolute Gasteiger partial charge is 0.493 e. The van der Waals surface area contributed by atoms with E-state index in [9.17, 15) is 29.8 Å². The van der Waals surface area contributed by atoms with Gasteiger partial charge in [0, 0.05) is 17.7 Å². The Balaban J connectivity index is 1.47. The molecule has 50 heavy (non-hydrogen) atoms. The van der Waals surface area contributed by atoms with Gasteiger partial charge in [-0.05, 0) is 43.7 Å². The van der Waals surface area contributed by atoms with E-state index < -0.39 is 27.4 Å². The average Bonchev–Trinajstić information content (AvgIpc) is 3.72. The number of ether oxygens (including phenoxy) is 3. The third-order valence-electron chi connectivity index (χ3n) is 7.79. The van der Waals surface area contributed by atoms with Crippen LogP contribution in [0.15, 0.2) is 104 Å². The van der Waals surface area contributed by atoms with Crippen LogP contribution in [0, 0.1) is 20.2 Å². The molecule has 14 nitrogen and oxygen atoms in total. The first-order chi connectivity index (χ1) is 24.1. The summed E-state index contributed by atoms with van der Waals surface area (Å²) < 4.78 is 24.2. The number of benzene rings is 3. The molecule has 0 N–H and O–H groups in total. The van der Waals surface area contributed by atoms with E-state index in [1.165, 1.54) is 48.1 Å². The van der Waals surface area contributed by atoms with Crippen LogP contribution in [0.2, 0.25) is 0 Å². The Kier molecular flexibility index (Phi) is 9.41. The second kappa shape index (κ2) is 14.0. The minimum absolute atomic E-state index is 0.0540. The molecule has 5 aromatic rings. The van der Waals surface area contributed by atoms with Gasteiger partial charge in [0.25, 0.3) is 16.9 Å². The smallest absolute Gasteiger partial charge is 0.338 e. The summed E-state index contributed by atoms with van der Waals surface area (Å²) in [5, 5.41) is 23.6. The van der Waals surface area contributed by atoms with Crippen LogP contribution < -0.4 is 24.4 Å². The number of nitro groups is 2. The summed E-state index contributed by atoms with van der Waals surface area (Å²) in [7, 11) is 1.40. The molecule has 0 fully saturated rings. The Morgan fingerprint density at radius 3 is 2.50 bits per heavy atom. The third kappa shape index (κ3) is 6.53. The average molecular weight is 697 g/mol. The number of allylic oxidation sites excluding steroid dienone is 1. The monoisotopic (exact) mass is 696 g/mol. The topological polar surface area (TPSA) is 179 Å². The predicted octanol–water partition coefficient (Wildman–Crippen LogP) is 5.46. The van der Waals surface area contributed by atoms with Crippen molar-refractivity contribution in [3.8, 4) is 22.8 Å². The first-order valence-electron chi connectivity index (χ1n) is 15.2. The lowest BCUT2D eigenvalue weighted by molar-refractivity contribution is -0.385. The van der Waals surface area contributed by atoms with E-state index >= 15 is 0 Å². The number of methoxy groups -OCH3 is 1. The molecule has 3 aromatic carbocycles. The van der Waals surface area contributed by atoms with E-state index in [0.717, 1.165) is 16.9 Å². The van der Waals surface area contributed by atoms with Gasteiger partial charge >= 0.3 is 5.97 Å². The Hall–Kier alpha value is -6.35. The summed E-state index contributed by atoms with van der Waals surface area (Å²) >= 11 is 0.971. The van der Waals surface area contributed by atoms with Gasteiger partial charge < -0.3 is 18.6 Å². The maximum Gasteiger partial charge on any atom is 0.338 e. The summed E-state index contributed by atoms with van der Waals surface area (Å²) in [5.74, 6) is 0.0831. The lowest BCUT2D eigenvalue weighted by Crippen LogP contribution is -2.39. The molecule has 0 unspecified atom stereocenters. The molecular formula is C35H28N4O10S. The van der Waals surface area contributed by atoms with Gasteiger partial charge in [0.2, 0.25) is 0 Å². The minimum atomic E-state index is -1.13. The number of nitro benzene ring substituents is 2. The Labute approximate surface area is 287 Å². The van der Waals surface area contributed by atoms with E-state index in [4.69, 9.17) is 18.6 Å². The number of carbonyl (C=O) groups excluding carboxylic acids is 1. The van der Waals surface area contributed by atoms with Gasteiger partial charge in [-0.3, -0.25) is 29.6 Å². The van der Waals surface area contributed by atoms with Crippen molar-refractivity contribution in [2.75, 3.05) is 13.7 Å². The number of esters is 1. The van der Waals surface area contributed by atoms with Crippen LogP contribution >= 0.6 is 11.3 Å². The second-order valence-corrected chi connectivity index (χ2v) is 11.9. The van der Waals surface area contributed by atoms with Crippen molar-refractivity contribution in [3.63, 3.8) is 0 Å². The van der Waals surface area contributed by atoms with Crippen LogP contribution in [0.25, 0.3) is 17.4 Å². The van der Waals surface area contributed by atoms with Crippen LogP contribution in [0.1, 0.15) is 36.8 Å². The van der Waals surface area contributed by atoms with E-state index in [1.54, 1.807) is 32.0 Å². The zero-order chi connectivity index (χ0) is 35.5. The molecule has 0 aliphatic carbocycles. The molecule has 0 saturated heterocycles. The molecule has 0 bridgehead atoms. The zero-order valence-electron chi connectivity index (χ0n) is 26.9. The minimum Gasteiger partial charge on any atom is -0.493 e. The lowest BCUT2D eigenvalue weighted by Gasteiger charge is -2.22. The molecule has 0 saturated carbocycles. The first-order valence-corrected chi connectivity index (χ1v) is 16.0. The van der Waals surface area contributed by atoms with E-state index in [2.05, 4.69) is 4.99 Å². The van der Waals surface area contributed by atoms with Crippen molar-refractivity contribution in [2.24, 2.45) is 4.99 Å². The molecule has 6 rings (SSSR count). The highest BCUT2D eigenvalue weighted by Crippen LogP contribution is 2.37. The number of nitrogens with zero attached hydrogens (tertiary/aromatic N) is 4. The predicted molar refractivity (Wildman–Crippen MR) is 182 cm³/mol. The number of furan rings is 1. The van der Waals surface area contributed by atoms with Crippen molar-refractivity contribution < 1.29 is 33.3 Å². The fourth-order valence-electron chi connectivity index (χ4n) is 5.48. The van der Waals surface area contributed by atoms with Crippen LogP contribution in [-0.4, -0.2) is 34.1 Å². The number of hydrogen-bond acceptors (Lipinski definition) is 12. The molecule has 1 atom stereocenters. The SMILES string of the molecule is CCOC(=O)C1=C(C)N=c2s/c(=C\c3cc(OC)c(OCc4ccccc4)cc3[N+](=O)[O-])c(=O)n2[C@@H]1c1ccc(-c2cccc([N+](=O)[O-])c2)o1. The number of aromatic nitrogens is 1. The van der Waals surface area contributed by atoms with Gasteiger partial charge in [0.15, 0.2) is 16.3 Å².